The highest BCUT2D eigenvalue weighted by atomic mass is 32.2. The van der Waals surface area contributed by atoms with Gasteiger partial charge in [-0.2, -0.15) is 4.31 Å². The Balaban J connectivity index is 1.96. The summed E-state index contributed by atoms with van der Waals surface area (Å²) in [6.07, 6.45) is 0.594. The predicted molar refractivity (Wildman–Crippen MR) is 124 cm³/mol. The monoisotopic (exact) mass is 478 g/mol. The average molecular weight is 479 g/mol. The number of hydrogen-bond acceptors (Lipinski definition) is 5. The van der Waals surface area contributed by atoms with Gasteiger partial charge in [-0.1, -0.05) is 36.4 Å². The molecule has 2 aromatic carbocycles. The molecule has 0 saturated heterocycles. The molecule has 0 aliphatic heterocycles. The highest BCUT2D eigenvalue weighted by Gasteiger charge is 2.30. The third-order valence-corrected chi connectivity index (χ3v) is 9.66. The van der Waals surface area contributed by atoms with E-state index >= 15 is 0 Å². The summed E-state index contributed by atoms with van der Waals surface area (Å²) >= 11 is 1.60. The van der Waals surface area contributed by atoms with Crippen LogP contribution in [0.3, 0.4) is 0 Å². The van der Waals surface area contributed by atoms with Gasteiger partial charge >= 0.3 is 0 Å². The molecular weight excluding hydrogens is 452 g/mol. The zero-order valence-electron chi connectivity index (χ0n) is 17.7. The molecule has 0 N–H and O–H groups in total. The Morgan fingerprint density at radius 3 is 1.90 bits per heavy atom. The second-order valence-corrected chi connectivity index (χ2v) is 12.5. The fourth-order valence-corrected chi connectivity index (χ4v) is 6.54. The van der Waals surface area contributed by atoms with Crippen molar-refractivity contribution in [2.75, 3.05) is 14.1 Å². The zero-order valence-corrected chi connectivity index (χ0v) is 20.1. The van der Waals surface area contributed by atoms with Gasteiger partial charge in [0.1, 0.15) is 0 Å². The second kappa shape index (κ2) is 9.62. The number of nitrogens with zero attached hydrogens (tertiary/aromatic N) is 2. The first-order valence-electron chi connectivity index (χ1n) is 9.73. The van der Waals surface area contributed by atoms with Gasteiger partial charge in [0, 0.05) is 31.6 Å². The summed E-state index contributed by atoms with van der Waals surface area (Å²) in [6, 6.07) is 18.5. The van der Waals surface area contributed by atoms with E-state index in [-0.39, 0.29) is 22.4 Å². The van der Waals surface area contributed by atoms with Crippen LogP contribution in [-0.2, 0) is 33.0 Å². The van der Waals surface area contributed by atoms with Crippen molar-refractivity contribution in [3.63, 3.8) is 0 Å². The fraction of sp³-hybridized carbons (Fsp3) is 0.273. The summed E-state index contributed by atoms with van der Waals surface area (Å²) in [5.74, 6) is 0. The highest BCUT2D eigenvalue weighted by molar-refractivity contribution is 7.89. The first-order chi connectivity index (χ1) is 14.6. The van der Waals surface area contributed by atoms with E-state index in [2.05, 4.69) is 0 Å². The van der Waals surface area contributed by atoms with Crippen molar-refractivity contribution in [3.05, 3.63) is 82.6 Å². The van der Waals surface area contributed by atoms with Gasteiger partial charge in [-0.05, 0) is 54.6 Å². The molecule has 0 saturated carbocycles. The van der Waals surface area contributed by atoms with Crippen molar-refractivity contribution in [3.8, 4) is 0 Å². The SMILES string of the molecule is C[C@H](Cc1cccs1)N(Cc1ccccc1)S(=O)(=O)c1ccc(S(=O)(=O)N(C)C)cc1. The Morgan fingerprint density at radius 1 is 0.806 bits per heavy atom. The van der Waals surface area contributed by atoms with Gasteiger partial charge in [0.05, 0.1) is 9.79 Å². The van der Waals surface area contributed by atoms with Gasteiger partial charge in [-0.15, -0.1) is 11.3 Å². The van der Waals surface area contributed by atoms with Crippen LogP contribution < -0.4 is 0 Å². The molecular formula is C22H26N2O4S3. The van der Waals surface area contributed by atoms with Crippen LogP contribution in [0.2, 0.25) is 0 Å². The third kappa shape index (κ3) is 5.42. The summed E-state index contributed by atoms with van der Waals surface area (Å²) in [5.41, 5.74) is 0.885. The minimum Gasteiger partial charge on any atom is -0.207 e. The lowest BCUT2D eigenvalue weighted by Crippen LogP contribution is -2.39. The highest BCUT2D eigenvalue weighted by Crippen LogP contribution is 2.25. The molecule has 6 nitrogen and oxygen atoms in total. The van der Waals surface area contributed by atoms with E-state index in [1.54, 1.807) is 11.3 Å². The number of sulfonamides is 2. The van der Waals surface area contributed by atoms with E-state index in [1.807, 2.05) is 54.8 Å². The lowest BCUT2D eigenvalue weighted by atomic mass is 10.1. The molecule has 0 unspecified atom stereocenters. The van der Waals surface area contributed by atoms with Crippen molar-refractivity contribution in [1.82, 2.24) is 8.61 Å². The Morgan fingerprint density at radius 2 is 1.39 bits per heavy atom. The van der Waals surface area contributed by atoms with E-state index in [4.69, 9.17) is 0 Å². The van der Waals surface area contributed by atoms with Gasteiger partial charge in [0.25, 0.3) is 0 Å². The molecule has 0 aliphatic carbocycles. The van der Waals surface area contributed by atoms with E-state index in [1.165, 1.54) is 42.7 Å². The van der Waals surface area contributed by atoms with Crippen molar-refractivity contribution < 1.29 is 16.8 Å². The predicted octanol–water partition coefficient (Wildman–Crippen LogP) is 3.82. The van der Waals surface area contributed by atoms with E-state index in [0.717, 1.165) is 14.7 Å². The molecule has 166 valence electrons. The quantitative estimate of drug-likeness (QED) is 0.469. The molecule has 1 atom stereocenters. The molecule has 0 fully saturated rings. The topological polar surface area (TPSA) is 74.8 Å². The summed E-state index contributed by atoms with van der Waals surface area (Å²) < 4.78 is 54.4. The third-order valence-electron chi connectivity index (χ3n) is 4.96. The Labute approximate surface area is 188 Å². The molecule has 0 amide bonds. The van der Waals surface area contributed by atoms with Crippen molar-refractivity contribution in [1.29, 1.82) is 0 Å². The van der Waals surface area contributed by atoms with Crippen molar-refractivity contribution in [2.45, 2.75) is 35.7 Å². The summed E-state index contributed by atoms with van der Waals surface area (Å²) in [6.45, 7) is 2.12. The fourth-order valence-electron chi connectivity index (χ4n) is 3.19. The smallest absolute Gasteiger partial charge is 0.207 e. The van der Waals surface area contributed by atoms with E-state index < -0.39 is 20.0 Å². The van der Waals surface area contributed by atoms with Gasteiger partial charge in [-0.3, -0.25) is 0 Å². The molecule has 9 heteroatoms. The van der Waals surface area contributed by atoms with Gasteiger partial charge < -0.3 is 0 Å². The molecule has 0 radical (unpaired) electrons. The van der Waals surface area contributed by atoms with Gasteiger partial charge in [0.2, 0.25) is 20.0 Å². The van der Waals surface area contributed by atoms with Gasteiger partial charge in [0.15, 0.2) is 0 Å². The number of rotatable bonds is 9. The average Bonchev–Trinajstić information content (AvgIpc) is 3.25. The first kappa shape index (κ1) is 23.6. The summed E-state index contributed by atoms with van der Waals surface area (Å²) in [7, 11) is -4.61. The maximum Gasteiger partial charge on any atom is 0.243 e. The normalized spacial score (nSPS) is 13.6. The Kier molecular flexibility index (Phi) is 7.33. The molecule has 3 rings (SSSR count). The Hall–Kier alpha value is -2.04. The lowest BCUT2D eigenvalue weighted by Gasteiger charge is -2.28. The lowest BCUT2D eigenvalue weighted by molar-refractivity contribution is 0.329. The van der Waals surface area contributed by atoms with E-state index in [9.17, 15) is 16.8 Å². The molecule has 0 spiro atoms. The first-order valence-corrected chi connectivity index (χ1v) is 13.5. The maximum atomic E-state index is 13.6. The van der Waals surface area contributed by atoms with Crippen LogP contribution in [0, 0.1) is 0 Å². The number of benzene rings is 2. The largest absolute Gasteiger partial charge is 0.243 e. The molecule has 31 heavy (non-hydrogen) atoms. The minimum absolute atomic E-state index is 0.0534. The molecule has 3 aromatic rings. The molecule has 1 heterocycles. The molecule has 1 aromatic heterocycles. The van der Waals surface area contributed by atoms with Gasteiger partial charge in [-0.25, -0.2) is 21.1 Å². The van der Waals surface area contributed by atoms with Crippen LogP contribution >= 0.6 is 11.3 Å². The zero-order chi connectivity index (χ0) is 22.6. The Bertz CT molecular complexity index is 1190. The van der Waals surface area contributed by atoms with Crippen LogP contribution in [0.25, 0.3) is 0 Å². The minimum atomic E-state index is -3.85. The van der Waals surface area contributed by atoms with Crippen LogP contribution in [0.5, 0.6) is 0 Å². The molecule has 0 aliphatic rings. The maximum absolute atomic E-state index is 13.6. The van der Waals surface area contributed by atoms with Crippen LogP contribution in [0.4, 0.5) is 0 Å². The number of thiophene rings is 1. The van der Waals surface area contributed by atoms with E-state index in [0.29, 0.717) is 6.42 Å². The van der Waals surface area contributed by atoms with Crippen molar-refractivity contribution >= 4 is 31.4 Å². The summed E-state index contributed by atoms with van der Waals surface area (Å²) in [4.78, 5) is 1.23. The standard InChI is InChI=1S/C22H26N2O4S3/c1-18(16-20-10-7-15-29-20)24(17-19-8-5-4-6-9-19)31(27,28)22-13-11-21(12-14-22)30(25,26)23(2)3/h4-15,18H,16-17H2,1-3H3/t18-/m1/s1. The van der Waals surface area contributed by atoms with Crippen LogP contribution in [-0.4, -0.2) is 45.6 Å². The number of hydrogen-bond donors (Lipinski definition) is 0. The van der Waals surface area contributed by atoms with Crippen LogP contribution in [0.15, 0.2) is 81.9 Å². The second-order valence-electron chi connectivity index (χ2n) is 7.43. The van der Waals surface area contributed by atoms with Crippen molar-refractivity contribution in [2.24, 2.45) is 0 Å². The molecule has 0 bridgehead atoms. The van der Waals surface area contributed by atoms with Crippen LogP contribution in [0.1, 0.15) is 17.4 Å². The summed E-state index contributed by atoms with van der Waals surface area (Å²) in [5, 5.41) is 1.97.